The molecule has 3 rings (SSSR count). The van der Waals surface area contributed by atoms with Gasteiger partial charge in [0.05, 0.1) is 12.0 Å². The Morgan fingerprint density at radius 2 is 2.04 bits per heavy atom. The average Bonchev–Trinajstić information content (AvgIpc) is 3.14. The van der Waals surface area contributed by atoms with Crippen molar-refractivity contribution >= 4 is 11.9 Å². The molecule has 136 valence electrons. The van der Waals surface area contributed by atoms with Crippen LogP contribution in [0.25, 0.3) is 0 Å². The number of hydrogen-bond acceptors (Lipinski definition) is 5. The fourth-order valence-electron chi connectivity index (χ4n) is 4.36. The van der Waals surface area contributed by atoms with E-state index in [-0.39, 0.29) is 23.6 Å². The summed E-state index contributed by atoms with van der Waals surface area (Å²) in [5, 5.41) is 0. The van der Waals surface area contributed by atoms with E-state index in [1.54, 1.807) is 11.8 Å². The number of hydrogen-bond donors (Lipinski definition) is 1. The number of H-pyrrole nitrogens is 1. The third kappa shape index (κ3) is 2.51. The maximum Gasteiger partial charge on any atom is 0.328 e. The van der Waals surface area contributed by atoms with Gasteiger partial charge in [-0.1, -0.05) is 6.92 Å². The normalized spacial score (nSPS) is 27.6. The Morgan fingerprint density at radius 3 is 2.68 bits per heavy atom. The molecule has 3 atom stereocenters. The third-order valence-electron chi connectivity index (χ3n) is 5.63. The van der Waals surface area contributed by atoms with E-state index in [1.165, 1.54) is 17.8 Å². The molecular weight excluding hydrogens is 326 g/mol. The molecule has 0 radical (unpaired) electrons. The topological polar surface area (TPSA) is 101 Å². The number of carbonyl (C=O) groups excluding carboxylic acids is 2. The first-order valence-corrected chi connectivity index (χ1v) is 8.65. The summed E-state index contributed by atoms with van der Waals surface area (Å²) >= 11 is 0. The predicted octanol–water partition coefficient (Wildman–Crippen LogP) is 0.410. The molecule has 8 heteroatoms. The minimum Gasteiger partial charge on any atom is -0.466 e. The monoisotopic (exact) mass is 349 g/mol. The van der Waals surface area contributed by atoms with Crippen LogP contribution in [0.3, 0.4) is 0 Å². The zero-order valence-electron chi connectivity index (χ0n) is 14.7. The van der Waals surface area contributed by atoms with Crippen molar-refractivity contribution < 1.29 is 14.3 Å². The largest absolute Gasteiger partial charge is 0.466 e. The highest BCUT2D eigenvalue weighted by Gasteiger charge is 2.61. The molecule has 1 amide bonds. The van der Waals surface area contributed by atoms with Crippen molar-refractivity contribution in [2.24, 2.45) is 12.5 Å². The van der Waals surface area contributed by atoms with Crippen LogP contribution < -0.4 is 11.2 Å². The van der Waals surface area contributed by atoms with Crippen LogP contribution in [0.15, 0.2) is 15.8 Å². The number of nitrogens with zero attached hydrogens (tertiary/aromatic N) is 2. The second kappa shape index (κ2) is 6.16. The summed E-state index contributed by atoms with van der Waals surface area (Å²) in [5.74, 6) is -0.694. The zero-order valence-corrected chi connectivity index (χ0v) is 14.7. The average molecular weight is 349 g/mol. The highest BCUT2D eigenvalue weighted by Crippen LogP contribution is 2.52. The van der Waals surface area contributed by atoms with Crippen molar-refractivity contribution in [1.82, 2.24) is 14.5 Å². The maximum absolute atomic E-state index is 13.0. The van der Waals surface area contributed by atoms with E-state index >= 15 is 0 Å². The predicted molar refractivity (Wildman–Crippen MR) is 89.3 cm³/mol. The summed E-state index contributed by atoms with van der Waals surface area (Å²) in [4.78, 5) is 53.0. The van der Waals surface area contributed by atoms with Crippen LogP contribution in [0.5, 0.6) is 0 Å². The molecule has 0 spiro atoms. The van der Waals surface area contributed by atoms with Gasteiger partial charge in [-0.3, -0.25) is 19.4 Å². The molecule has 1 N–H and O–H groups in total. The number of aromatic amines is 1. The number of carbonyl (C=O) groups is 2. The molecule has 2 saturated heterocycles. The standard InChI is InChI=1S/C17H23N3O5/c1-4-17(15(23)25-5-2)8-10-6-7-12(17)20(10)14(22)11-9-19(3)16(24)18-13(11)21/h9-10,12H,4-8H2,1-3H3,(H,18,21,24)/t10-,12+,17+/m1/s1. The number of rotatable bonds is 4. The van der Waals surface area contributed by atoms with Crippen LogP contribution in [0.4, 0.5) is 0 Å². The number of amides is 1. The van der Waals surface area contributed by atoms with Crippen LogP contribution in [0.2, 0.25) is 0 Å². The van der Waals surface area contributed by atoms with Crippen LogP contribution >= 0.6 is 0 Å². The fourth-order valence-corrected chi connectivity index (χ4v) is 4.36. The van der Waals surface area contributed by atoms with Crippen molar-refractivity contribution in [3.8, 4) is 0 Å². The number of ether oxygens (including phenoxy) is 1. The molecule has 2 aliphatic rings. The molecular formula is C17H23N3O5. The molecule has 2 bridgehead atoms. The number of aryl methyl sites for hydroxylation is 1. The van der Waals surface area contributed by atoms with Crippen molar-refractivity contribution in [2.45, 2.75) is 51.6 Å². The molecule has 0 aromatic carbocycles. The Balaban J connectivity index is 1.98. The van der Waals surface area contributed by atoms with E-state index in [2.05, 4.69) is 4.98 Å². The zero-order chi connectivity index (χ0) is 18.4. The number of fused-ring (bicyclic) bond motifs is 2. The van der Waals surface area contributed by atoms with Gasteiger partial charge in [0.2, 0.25) is 0 Å². The molecule has 0 unspecified atom stereocenters. The van der Waals surface area contributed by atoms with Crippen LogP contribution in [-0.2, 0) is 16.6 Å². The van der Waals surface area contributed by atoms with Gasteiger partial charge in [-0.2, -0.15) is 0 Å². The van der Waals surface area contributed by atoms with Gasteiger partial charge in [-0.05, 0) is 32.6 Å². The molecule has 3 heterocycles. The minimum atomic E-state index is -0.706. The Morgan fingerprint density at radius 1 is 1.32 bits per heavy atom. The quantitative estimate of drug-likeness (QED) is 0.794. The highest BCUT2D eigenvalue weighted by molar-refractivity contribution is 5.95. The van der Waals surface area contributed by atoms with Gasteiger partial charge in [-0.25, -0.2) is 4.79 Å². The Labute approximate surface area is 144 Å². The first-order valence-electron chi connectivity index (χ1n) is 8.65. The van der Waals surface area contributed by atoms with Crippen LogP contribution in [0, 0.1) is 5.41 Å². The summed E-state index contributed by atoms with van der Waals surface area (Å²) in [6, 6.07) is -0.357. The summed E-state index contributed by atoms with van der Waals surface area (Å²) in [5.41, 5.74) is -2.05. The van der Waals surface area contributed by atoms with Gasteiger partial charge in [0.25, 0.3) is 11.5 Å². The van der Waals surface area contributed by atoms with E-state index in [0.29, 0.717) is 25.9 Å². The number of aromatic nitrogens is 2. The second-order valence-electron chi connectivity index (χ2n) is 6.81. The smallest absolute Gasteiger partial charge is 0.328 e. The summed E-state index contributed by atoms with van der Waals surface area (Å²) in [6.45, 7) is 3.99. The number of esters is 1. The molecule has 25 heavy (non-hydrogen) atoms. The third-order valence-corrected chi connectivity index (χ3v) is 5.63. The lowest BCUT2D eigenvalue weighted by molar-refractivity contribution is -0.157. The van der Waals surface area contributed by atoms with Gasteiger partial charge in [0.1, 0.15) is 5.56 Å². The lowest BCUT2D eigenvalue weighted by Crippen LogP contribution is -2.47. The fraction of sp³-hybridized carbons (Fsp3) is 0.647. The molecule has 0 aliphatic carbocycles. The molecule has 2 aliphatic heterocycles. The first-order chi connectivity index (χ1) is 11.9. The van der Waals surface area contributed by atoms with Gasteiger partial charge < -0.3 is 14.2 Å². The maximum atomic E-state index is 13.0. The van der Waals surface area contributed by atoms with E-state index in [4.69, 9.17) is 4.74 Å². The van der Waals surface area contributed by atoms with Crippen molar-refractivity contribution in [1.29, 1.82) is 0 Å². The van der Waals surface area contributed by atoms with Crippen LogP contribution in [-0.4, -0.2) is 45.0 Å². The summed E-state index contributed by atoms with van der Waals surface area (Å²) in [7, 11) is 1.47. The van der Waals surface area contributed by atoms with Crippen LogP contribution in [0.1, 0.15) is 49.9 Å². The van der Waals surface area contributed by atoms with Crippen molar-refractivity contribution in [2.75, 3.05) is 6.61 Å². The van der Waals surface area contributed by atoms with Gasteiger partial charge >= 0.3 is 11.7 Å². The molecule has 2 fully saturated rings. The van der Waals surface area contributed by atoms with E-state index in [1.807, 2.05) is 6.92 Å². The van der Waals surface area contributed by atoms with E-state index in [0.717, 1.165) is 6.42 Å². The first kappa shape index (κ1) is 17.4. The Kier molecular flexibility index (Phi) is 4.30. The molecule has 0 saturated carbocycles. The Hall–Kier alpha value is -2.38. The second-order valence-corrected chi connectivity index (χ2v) is 6.81. The van der Waals surface area contributed by atoms with Crippen molar-refractivity contribution in [3.63, 3.8) is 0 Å². The van der Waals surface area contributed by atoms with Gasteiger partial charge in [0.15, 0.2) is 0 Å². The molecule has 1 aromatic rings. The minimum absolute atomic E-state index is 0.0743. The molecule has 1 aromatic heterocycles. The van der Waals surface area contributed by atoms with Crippen molar-refractivity contribution in [3.05, 3.63) is 32.6 Å². The SMILES string of the molecule is CCOC(=O)[C@@]1(CC)C[C@H]2CC[C@@H]1N2C(=O)c1cn(C)c(=O)[nH]c1=O. The number of nitrogens with one attached hydrogen (secondary N) is 1. The summed E-state index contributed by atoms with van der Waals surface area (Å²) in [6.07, 6.45) is 3.93. The van der Waals surface area contributed by atoms with Gasteiger partial charge in [-0.15, -0.1) is 0 Å². The van der Waals surface area contributed by atoms with E-state index < -0.39 is 22.6 Å². The highest BCUT2D eigenvalue weighted by atomic mass is 16.5. The molecule has 8 nitrogen and oxygen atoms in total. The lowest BCUT2D eigenvalue weighted by Gasteiger charge is -2.34. The summed E-state index contributed by atoms with van der Waals surface area (Å²) < 4.78 is 6.45. The Bertz CT molecular complexity index is 826. The lowest BCUT2D eigenvalue weighted by atomic mass is 9.72. The van der Waals surface area contributed by atoms with E-state index in [9.17, 15) is 19.2 Å². The van der Waals surface area contributed by atoms with Gasteiger partial charge in [0, 0.05) is 25.3 Å².